The summed E-state index contributed by atoms with van der Waals surface area (Å²) in [6.45, 7) is 23.9. The third kappa shape index (κ3) is 9.11. The molecule has 0 amide bonds. The second-order valence-electron chi connectivity index (χ2n) is 7.87. The lowest BCUT2D eigenvalue weighted by atomic mass is 10.3. The molecule has 0 atom stereocenters. The van der Waals surface area contributed by atoms with Gasteiger partial charge in [-0.05, 0) is 25.9 Å². The van der Waals surface area contributed by atoms with E-state index < -0.39 is 0 Å². The van der Waals surface area contributed by atoms with Gasteiger partial charge in [-0.15, -0.1) is 0 Å². The van der Waals surface area contributed by atoms with E-state index in [1.165, 1.54) is 91.4 Å². The van der Waals surface area contributed by atoms with Gasteiger partial charge in [0, 0.05) is 91.6 Å². The van der Waals surface area contributed by atoms with Gasteiger partial charge < -0.3 is 15.5 Å². The molecule has 2 rings (SSSR count). The molecular formula is C20H44N6. The van der Waals surface area contributed by atoms with Gasteiger partial charge in [0.2, 0.25) is 0 Å². The van der Waals surface area contributed by atoms with E-state index in [-0.39, 0.29) is 0 Å². The minimum atomic E-state index is 1.15. The highest BCUT2D eigenvalue weighted by molar-refractivity contribution is 4.73. The minimum absolute atomic E-state index is 1.15. The van der Waals surface area contributed by atoms with Crippen LogP contribution in [0.3, 0.4) is 0 Å². The van der Waals surface area contributed by atoms with Crippen LogP contribution in [-0.4, -0.2) is 124 Å². The summed E-state index contributed by atoms with van der Waals surface area (Å²) in [7, 11) is 0. The summed E-state index contributed by atoms with van der Waals surface area (Å²) in [5.41, 5.74) is 0. The van der Waals surface area contributed by atoms with E-state index >= 15 is 0 Å². The molecule has 154 valence electrons. The molecule has 0 aromatic rings. The summed E-state index contributed by atoms with van der Waals surface area (Å²) < 4.78 is 0. The van der Waals surface area contributed by atoms with Crippen molar-refractivity contribution < 1.29 is 0 Å². The molecule has 2 aliphatic heterocycles. The second-order valence-corrected chi connectivity index (χ2v) is 7.87. The Morgan fingerprint density at radius 1 is 0.577 bits per heavy atom. The monoisotopic (exact) mass is 368 g/mol. The molecule has 6 nitrogen and oxygen atoms in total. The molecule has 26 heavy (non-hydrogen) atoms. The molecule has 2 fully saturated rings. The SMILES string of the molecule is CCCN(CCC)CCN(CCN1CCNCC1)CCN1CCNCC1. The molecule has 0 aliphatic carbocycles. The molecule has 0 saturated carbocycles. The normalized spacial score (nSPS) is 20.3. The van der Waals surface area contributed by atoms with E-state index in [1.807, 2.05) is 0 Å². The van der Waals surface area contributed by atoms with E-state index in [2.05, 4.69) is 44.1 Å². The van der Waals surface area contributed by atoms with Crippen LogP contribution < -0.4 is 10.6 Å². The number of piperazine rings is 2. The fourth-order valence-corrected chi connectivity index (χ4v) is 4.02. The van der Waals surface area contributed by atoms with Crippen molar-refractivity contribution in [1.29, 1.82) is 0 Å². The smallest absolute Gasteiger partial charge is 0.0110 e. The molecule has 0 aromatic carbocycles. The van der Waals surface area contributed by atoms with Crippen LogP contribution in [0, 0.1) is 0 Å². The number of rotatable bonds is 13. The van der Waals surface area contributed by atoms with Crippen LogP contribution in [0.15, 0.2) is 0 Å². The molecule has 2 heterocycles. The molecule has 0 unspecified atom stereocenters. The molecular weight excluding hydrogens is 324 g/mol. The zero-order valence-electron chi connectivity index (χ0n) is 17.5. The second kappa shape index (κ2) is 13.9. The van der Waals surface area contributed by atoms with E-state index in [9.17, 15) is 0 Å². The third-order valence-electron chi connectivity index (χ3n) is 5.70. The lowest BCUT2D eigenvalue weighted by molar-refractivity contribution is 0.145. The standard InChI is InChI=1S/C20H44N6/c1-3-9-23(10-4-2)15-18-26(19-16-24-11-5-21-6-12-24)20-17-25-13-7-22-8-14-25/h21-22H,3-20H2,1-2H3. The molecule has 2 saturated heterocycles. The van der Waals surface area contributed by atoms with Gasteiger partial charge >= 0.3 is 0 Å². The number of nitrogens with one attached hydrogen (secondary N) is 2. The van der Waals surface area contributed by atoms with Crippen LogP contribution in [0.5, 0.6) is 0 Å². The summed E-state index contributed by atoms with van der Waals surface area (Å²) in [5, 5.41) is 6.93. The van der Waals surface area contributed by atoms with Crippen LogP contribution in [0.4, 0.5) is 0 Å². The highest BCUT2D eigenvalue weighted by Crippen LogP contribution is 2.01. The van der Waals surface area contributed by atoms with Crippen LogP contribution in [-0.2, 0) is 0 Å². The maximum Gasteiger partial charge on any atom is 0.0110 e. The van der Waals surface area contributed by atoms with Crippen LogP contribution in [0.1, 0.15) is 26.7 Å². The van der Waals surface area contributed by atoms with Crippen molar-refractivity contribution in [1.82, 2.24) is 30.2 Å². The van der Waals surface area contributed by atoms with Crippen molar-refractivity contribution >= 4 is 0 Å². The van der Waals surface area contributed by atoms with Gasteiger partial charge in [0.15, 0.2) is 0 Å². The lowest BCUT2D eigenvalue weighted by Gasteiger charge is -2.34. The average Bonchev–Trinajstić information content (AvgIpc) is 2.69. The highest BCUT2D eigenvalue weighted by atomic mass is 15.3. The van der Waals surface area contributed by atoms with Crippen LogP contribution >= 0.6 is 0 Å². The van der Waals surface area contributed by atoms with E-state index in [4.69, 9.17) is 0 Å². The van der Waals surface area contributed by atoms with Gasteiger partial charge in [-0.3, -0.25) is 14.7 Å². The molecule has 0 aromatic heterocycles. The molecule has 0 spiro atoms. The van der Waals surface area contributed by atoms with Crippen molar-refractivity contribution in [3.8, 4) is 0 Å². The van der Waals surface area contributed by atoms with Crippen molar-refractivity contribution in [3.63, 3.8) is 0 Å². The number of hydrogen-bond acceptors (Lipinski definition) is 6. The molecule has 0 radical (unpaired) electrons. The van der Waals surface area contributed by atoms with Gasteiger partial charge in [0.1, 0.15) is 0 Å². The molecule has 2 aliphatic rings. The number of hydrogen-bond donors (Lipinski definition) is 2. The summed E-state index contributed by atoms with van der Waals surface area (Å²) in [4.78, 5) is 10.6. The Kier molecular flexibility index (Phi) is 11.8. The average molecular weight is 369 g/mol. The maximum atomic E-state index is 3.46. The Bertz CT molecular complexity index is 300. The van der Waals surface area contributed by atoms with Crippen molar-refractivity contribution in [2.45, 2.75) is 26.7 Å². The Morgan fingerprint density at radius 2 is 0.962 bits per heavy atom. The zero-order valence-corrected chi connectivity index (χ0v) is 17.5. The van der Waals surface area contributed by atoms with Gasteiger partial charge in [-0.2, -0.15) is 0 Å². The first kappa shape index (κ1) is 22.1. The van der Waals surface area contributed by atoms with Crippen molar-refractivity contribution in [3.05, 3.63) is 0 Å². The highest BCUT2D eigenvalue weighted by Gasteiger charge is 2.15. The Labute approximate surface area is 162 Å². The Balaban J connectivity index is 1.75. The Morgan fingerprint density at radius 3 is 1.35 bits per heavy atom. The lowest BCUT2D eigenvalue weighted by Crippen LogP contribution is -2.49. The van der Waals surface area contributed by atoms with Gasteiger partial charge in [0.25, 0.3) is 0 Å². The van der Waals surface area contributed by atoms with Crippen LogP contribution in [0.2, 0.25) is 0 Å². The first-order chi connectivity index (χ1) is 12.8. The van der Waals surface area contributed by atoms with E-state index in [1.54, 1.807) is 0 Å². The fourth-order valence-electron chi connectivity index (χ4n) is 4.02. The van der Waals surface area contributed by atoms with Crippen LogP contribution in [0.25, 0.3) is 0 Å². The maximum absolute atomic E-state index is 3.46. The zero-order chi connectivity index (χ0) is 18.5. The predicted molar refractivity (Wildman–Crippen MR) is 112 cm³/mol. The molecule has 6 heteroatoms. The minimum Gasteiger partial charge on any atom is -0.314 e. The third-order valence-corrected chi connectivity index (χ3v) is 5.70. The Hall–Kier alpha value is -0.240. The van der Waals surface area contributed by atoms with E-state index in [0.29, 0.717) is 0 Å². The predicted octanol–water partition coefficient (Wildman–Crippen LogP) is 0.221. The molecule has 0 bridgehead atoms. The topological polar surface area (TPSA) is 37.0 Å². The summed E-state index contributed by atoms with van der Waals surface area (Å²) >= 11 is 0. The van der Waals surface area contributed by atoms with E-state index in [0.717, 1.165) is 26.2 Å². The summed E-state index contributed by atoms with van der Waals surface area (Å²) in [5.74, 6) is 0. The van der Waals surface area contributed by atoms with Crippen molar-refractivity contribution in [2.75, 3.05) is 105 Å². The quantitative estimate of drug-likeness (QED) is 0.484. The van der Waals surface area contributed by atoms with Crippen molar-refractivity contribution in [2.24, 2.45) is 0 Å². The fraction of sp³-hybridized carbons (Fsp3) is 1.00. The summed E-state index contributed by atoms with van der Waals surface area (Å²) in [6.07, 6.45) is 2.53. The first-order valence-corrected chi connectivity index (χ1v) is 11.1. The first-order valence-electron chi connectivity index (χ1n) is 11.1. The summed E-state index contributed by atoms with van der Waals surface area (Å²) in [6, 6.07) is 0. The molecule has 2 N–H and O–H groups in total. The van der Waals surface area contributed by atoms with Gasteiger partial charge in [0.05, 0.1) is 0 Å². The van der Waals surface area contributed by atoms with Gasteiger partial charge in [-0.1, -0.05) is 13.8 Å². The largest absolute Gasteiger partial charge is 0.314 e. The van der Waals surface area contributed by atoms with Gasteiger partial charge in [-0.25, -0.2) is 0 Å². The number of nitrogens with zero attached hydrogens (tertiary/aromatic N) is 4.